The SMILES string of the molecule is NC1CCCC1NS(=O)(=O)CC(=O)O. The van der Waals surface area contributed by atoms with Gasteiger partial charge >= 0.3 is 5.97 Å². The molecule has 6 nitrogen and oxygen atoms in total. The fourth-order valence-electron chi connectivity index (χ4n) is 1.57. The molecule has 1 aliphatic carbocycles. The lowest BCUT2D eigenvalue weighted by Gasteiger charge is -2.16. The normalized spacial score (nSPS) is 27.8. The Bertz CT molecular complexity index is 314. The molecule has 82 valence electrons. The Morgan fingerprint density at radius 1 is 1.50 bits per heavy atom. The van der Waals surface area contributed by atoms with E-state index in [0.717, 1.165) is 12.8 Å². The number of carbonyl (C=O) groups is 1. The van der Waals surface area contributed by atoms with Gasteiger partial charge in [0.2, 0.25) is 10.0 Å². The van der Waals surface area contributed by atoms with E-state index < -0.39 is 21.7 Å². The van der Waals surface area contributed by atoms with Gasteiger partial charge in [-0.25, -0.2) is 13.1 Å². The van der Waals surface area contributed by atoms with E-state index in [-0.39, 0.29) is 12.1 Å². The van der Waals surface area contributed by atoms with Gasteiger partial charge < -0.3 is 10.8 Å². The highest BCUT2D eigenvalue weighted by atomic mass is 32.2. The van der Waals surface area contributed by atoms with Crippen LogP contribution in [0.5, 0.6) is 0 Å². The minimum Gasteiger partial charge on any atom is -0.480 e. The molecule has 1 fully saturated rings. The van der Waals surface area contributed by atoms with E-state index in [1.54, 1.807) is 0 Å². The highest BCUT2D eigenvalue weighted by Gasteiger charge is 2.28. The first kappa shape index (κ1) is 11.4. The summed E-state index contributed by atoms with van der Waals surface area (Å²) in [6.07, 6.45) is 2.34. The molecule has 14 heavy (non-hydrogen) atoms. The topological polar surface area (TPSA) is 109 Å². The average molecular weight is 222 g/mol. The lowest BCUT2D eigenvalue weighted by atomic mass is 10.2. The van der Waals surface area contributed by atoms with E-state index in [1.165, 1.54) is 0 Å². The minimum atomic E-state index is -3.73. The molecule has 0 aromatic rings. The zero-order valence-corrected chi connectivity index (χ0v) is 8.46. The molecule has 1 saturated carbocycles. The summed E-state index contributed by atoms with van der Waals surface area (Å²) in [7, 11) is -3.73. The lowest BCUT2D eigenvalue weighted by molar-refractivity contribution is -0.134. The van der Waals surface area contributed by atoms with E-state index >= 15 is 0 Å². The second kappa shape index (κ2) is 4.24. The van der Waals surface area contributed by atoms with Crippen LogP contribution in [0.1, 0.15) is 19.3 Å². The van der Waals surface area contributed by atoms with Crippen molar-refractivity contribution in [3.63, 3.8) is 0 Å². The van der Waals surface area contributed by atoms with Crippen molar-refractivity contribution >= 4 is 16.0 Å². The van der Waals surface area contributed by atoms with Crippen LogP contribution in [0, 0.1) is 0 Å². The highest BCUT2D eigenvalue weighted by molar-refractivity contribution is 7.90. The highest BCUT2D eigenvalue weighted by Crippen LogP contribution is 2.17. The van der Waals surface area contributed by atoms with Crippen molar-refractivity contribution in [2.24, 2.45) is 5.73 Å². The van der Waals surface area contributed by atoms with Gasteiger partial charge in [-0.05, 0) is 12.8 Å². The second-order valence-electron chi connectivity index (χ2n) is 3.47. The van der Waals surface area contributed by atoms with Gasteiger partial charge in [0.25, 0.3) is 0 Å². The van der Waals surface area contributed by atoms with Gasteiger partial charge in [-0.3, -0.25) is 4.79 Å². The summed E-state index contributed by atoms with van der Waals surface area (Å²) in [5, 5.41) is 8.34. The summed E-state index contributed by atoms with van der Waals surface area (Å²) < 4.78 is 24.7. The van der Waals surface area contributed by atoms with Gasteiger partial charge in [-0.1, -0.05) is 6.42 Å². The molecule has 0 aromatic carbocycles. The zero-order valence-electron chi connectivity index (χ0n) is 7.64. The molecule has 0 aliphatic heterocycles. The Morgan fingerprint density at radius 3 is 2.57 bits per heavy atom. The molecular weight excluding hydrogens is 208 g/mol. The number of rotatable bonds is 4. The van der Waals surface area contributed by atoms with Crippen LogP contribution in [0.15, 0.2) is 0 Å². The number of nitrogens with two attached hydrogens (primary N) is 1. The Hall–Kier alpha value is -0.660. The molecule has 7 heteroatoms. The van der Waals surface area contributed by atoms with E-state index in [1.807, 2.05) is 0 Å². The molecule has 0 aromatic heterocycles. The number of carboxylic acid groups (broad SMARTS) is 1. The number of nitrogens with one attached hydrogen (secondary N) is 1. The molecule has 0 radical (unpaired) electrons. The van der Waals surface area contributed by atoms with Crippen LogP contribution >= 0.6 is 0 Å². The molecule has 0 amide bonds. The van der Waals surface area contributed by atoms with Gasteiger partial charge in [0.1, 0.15) is 0 Å². The van der Waals surface area contributed by atoms with Crippen LogP contribution in [-0.2, 0) is 14.8 Å². The Balaban J connectivity index is 2.54. The average Bonchev–Trinajstić information content (AvgIpc) is 2.32. The van der Waals surface area contributed by atoms with Crippen molar-refractivity contribution in [1.82, 2.24) is 4.72 Å². The monoisotopic (exact) mass is 222 g/mol. The van der Waals surface area contributed by atoms with Crippen molar-refractivity contribution in [2.75, 3.05) is 5.75 Å². The number of aliphatic carboxylic acids is 1. The van der Waals surface area contributed by atoms with Crippen LogP contribution in [-0.4, -0.2) is 37.3 Å². The standard InChI is InChI=1S/C7H14N2O4S/c8-5-2-1-3-6(5)9-14(12,13)4-7(10)11/h5-6,9H,1-4,8H2,(H,10,11). The molecule has 0 spiro atoms. The largest absolute Gasteiger partial charge is 0.480 e. The van der Waals surface area contributed by atoms with Gasteiger partial charge in [-0.15, -0.1) is 0 Å². The molecular formula is C7H14N2O4S. The summed E-state index contributed by atoms with van der Waals surface area (Å²) in [5.41, 5.74) is 5.64. The molecule has 1 rings (SSSR count). The summed E-state index contributed by atoms with van der Waals surface area (Å²) in [6.45, 7) is 0. The molecule has 0 bridgehead atoms. The third-order valence-electron chi connectivity index (χ3n) is 2.21. The van der Waals surface area contributed by atoms with Crippen LogP contribution in [0.2, 0.25) is 0 Å². The predicted octanol–water partition coefficient (Wildman–Crippen LogP) is -1.13. The van der Waals surface area contributed by atoms with Crippen molar-refractivity contribution in [2.45, 2.75) is 31.3 Å². The molecule has 0 heterocycles. The molecule has 0 saturated heterocycles. The maximum atomic E-state index is 11.2. The number of carboxylic acids is 1. The molecule has 1 aliphatic rings. The van der Waals surface area contributed by atoms with Gasteiger partial charge in [0.05, 0.1) is 0 Å². The summed E-state index contributed by atoms with van der Waals surface area (Å²) in [4.78, 5) is 10.2. The van der Waals surface area contributed by atoms with E-state index in [2.05, 4.69) is 4.72 Å². The van der Waals surface area contributed by atoms with Crippen LogP contribution in [0.4, 0.5) is 0 Å². The molecule has 2 unspecified atom stereocenters. The first-order chi connectivity index (χ1) is 6.41. The van der Waals surface area contributed by atoms with Gasteiger partial charge in [-0.2, -0.15) is 0 Å². The van der Waals surface area contributed by atoms with Crippen LogP contribution in [0.25, 0.3) is 0 Å². The van der Waals surface area contributed by atoms with Crippen LogP contribution < -0.4 is 10.5 Å². The number of hydrogen-bond acceptors (Lipinski definition) is 4. The fourth-order valence-corrected chi connectivity index (χ4v) is 2.73. The Labute approximate surface area is 82.5 Å². The van der Waals surface area contributed by atoms with E-state index in [4.69, 9.17) is 10.8 Å². The smallest absolute Gasteiger partial charge is 0.320 e. The predicted molar refractivity (Wildman–Crippen MR) is 50.2 cm³/mol. The quantitative estimate of drug-likeness (QED) is 0.557. The molecule has 4 N–H and O–H groups in total. The van der Waals surface area contributed by atoms with E-state index in [9.17, 15) is 13.2 Å². The summed E-state index contributed by atoms with van der Waals surface area (Å²) >= 11 is 0. The van der Waals surface area contributed by atoms with Crippen molar-refractivity contribution < 1.29 is 18.3 Å². The van der Waals surface area contributed by atoms with Crippen LogP contribution in [0.3, 0.4) is 0 Å². The summed E-state index contributed by atoms with van der Waals surface area (Å²) in [6, 6.07) is -0.502. The van der Waals surface area contributed by atoms with Gasteiger partial charge in [0.15, 0.2) is 5.75 Å². The minimum absolute atomic E-state index is 0.196. The van der Waals surface area contributed by atoms with Crippen molar-refractivity contribution in [3.05, 3.63) is 0 Å². The summed E-state index contributed by atoms with van der Waals surface area (Å²) in [5.74, 6) is -2.25. The number of sulfonamides is 1. The maximum absolute atomic E-state index is 11.2. The fraction of sp³-hybridized carbons (Fsp3) is 0.857. The van der Waals surface area contributed by atoms with E-state index in [0.29, 0.717) is 6.42 Å². The van der Waals surface area contributed by atoms with Crippen molar-refractivity contribution in [1.29, 1.82) is 0 Å². The third-order valence-corrected chi connectivity index (χ3v) is 3.50. The molecule has 2 atom stereocenters. The Morgan fingerprint density at radius 2 is 2.14 bits per heavy atom. The number of hydrogen-bond donors (Lipinski definition) is 3. The lowest BCUT2D eigenvalue weighted by Crippen LogP contribution is -2.45. The van der Waals surface area contributed by atoms with Crippen molar-refractivity contribution in [3.8, 4) is 0 Å². The van der Waals surface area contributed by atoms with Gasteiger partial charge in [0, 0.05) is 12.1 Å². The first-order valence-electron chi connectivity index (χ1n) is 4.38. The zero-order chi connectivity index (χ0) is 10.8. The maximum Gasteiger partial charge on any atom is 0.320 e. The second-order valence-corrected chi connectivity index (χ2v) is 5.23. The Kier molecular flexibility index (Phi) is 3.46. The third kappa shape index (κ3) is 3.24. The first-order valence-corrected chi connectivity index (χ1v) is 6.03.